The number of likely N-dealkylation sites (tertiary alicyclic amines) is 1. The predicted molar refractivity (Wildman–Crippen MR) is 133 cm³/mol. The number of amides is 4. The molecule has 0 aromatic heterocycles. The fourth-order valence-electron chi connectivity index (χ4n) is 4.17. The van der Waals surface area contributed by atoms with Gasteiger partial charge < -0.3 is 41.0 Å². The molecule has 4 amide bonds. The number of phenols is 1. The highest BCUT2D eigenvalue weighted by Gasteiger charge is 2.43. The molecule has 1 fully saturated rings. The fourth-order valence-corrected chi connectivity index (χ4v) is 4.17. The molecular formula is C25H34N4O9. The van der Waals surface area contributed by atoms with Gasteiger partial charge >= 0.3 is 5.97 Å². The smallest absolute Gasteiger partial charge is 0.305 e. The average Bonchev–Trinajstić information content (AvgIpc) is 3.23. The Morgan fingerprint density at radius 2 is 1.71 bits per heavy atom. The van der Waals surface area contributed by atoms with Crippen LogP contribution in [0.15, 0.2) is 24.3 Å². The number of rotatable bonds is 12. The number of carboxylic acid groups (broad SMARTS) is 1. The molecule has 0 radical (unpaired) electrons. The van der Waals surface area contributed by atoms with E-state index in [1.807, 2.05) is 0 Å². The van der Waals surface area contributed by atoms with Crippen molar-refractivity contribution in [2.45, 2.75) is 70.3 Å². The number of nitrogens with zero attached hydrogens (tertiary/aromatic N) is 1. The first-order valence-electron chi connectivity index (χ1n) is 12.1. The van der Waals surface area contributed by atoms with E-state index in [2.05, 4.69) is 16.0 Å². The number of carboxylic acids is 1. The zero-order valence-electron chi connectivity index (χ0n) is 21.4. The molecule has 0 saturated carbocycles. The molecule has 6 N–H and O–H groups in total. The van der Waals surface area contributed by atoms with Crippen LogP contribution in [-0.2, 0) is 35.2 Å². The van der Waals surface area contributed by atoms with Gasteiger partial charge in [0.05, 0.1) is 18.6 Å². The van der Waals surface area contributed by atoms with E-state index in [0.717, 1.165) is 4.90 Å². The molecule has 1 aliphatic heterocycles. The first kappa shape index (κ1) is 30.2. The molecule has 13 nitrogen and oxygen atoms in total. The number of benzene rings is 1. The summed E-state index contributed by atoms with van der Waals surface area (Å²) in [6, 6.07) is 1.40. The summed E-state index contributed by atoms with van der Waals surface area (Å²) in [4.78, 5) is 74.4. The van der Waals surface area contributed by atoms with E-state index in [0.29, 0.717) is 5.56 Å². The molecule has 208 valence electrons. The van der Waals surface area contributed by atoms with Gasteiger partial charge in [0.15, 0.2) is 0 Å². The lowest BCUT2D eigenvalue weighted by molar-refractivity contribution is -0.144. The third-order valence-electron chi connectivity index (χ3n) is 6.05. The molecule has 5 atom stereocenters. The third kappa shape index (κ3) is 8.54. The van der Waals surface area contributed by atoms with Crippen molar-refractivity contribution >= 4 is 35.9 Å². The van der Waals surface area contributed by atoms with Gasteiger partial charge in [-0.25, -0.2) is 0 Å². The summed E-state index contributed by atoms with van der Waals surface area (Å²) in [7, 11) is 0. The highest BCUT2D eigenvalue weighted by Crippen LogP contribution is 2.21. The van der Waals surface area contributed by atoms with Crippen LogP contribution in [0.4, 0.5) is 0 Å². The Morgan fingerprint density at radius 1 is 1.08 bits per heavy atom. The van der Waals surface area contributed by atoms with E-state index in [9.17, 15) is 39.0 Å². The minimum atomic E-state index is -1.31. The van der Waals surface area contributed by atoms with Crippen molar-refractivity contribution in [3.63, 3.8) is 0 Å². The van der Waals surface area contributed by atoms with Crippen LogP contribution in [0.1, 0.15) is 39.2 Å². The molecular weight excluding hydrogens is 500 g/mol. The number of hydrogen-bond acceptors (Lipinski definition) is 8. The average molecular weight is 535 g/mol. The lowest BCUT2D eigenvalue weighted by Crippen LogP contribution is -2.59. The molecule has 1 saturated heterocycles. The molecule has 38 heavy (non-hydrogen) atoms. The second-order valence-corrected chi connectivity index (χ2v) is 9.60. The maximum atomic E-state index is 13.5. The standard InChI is InChI=1S/C25H34N4O9/c1-13(2)22(28-23(36)19(26-14(3)31)8-15-4-6-17(32)7-5-15)25(38)29-11-18(33)10-20(29)24(37)27-16(12-30)9-21(34)35/h4-7,12-13,16,18-20,22,32-33H,8-11H2,1-3H3,(H,26,31)(H,27,37)(H,28,36)(H,34,35)/t16-,18+,19-,20-,22-/m0/s1. The number of carbonyl (C=O) groups is 6. The maximum Gasteiger partial charge on any atom is 0.305 e. The zero-order valence-corrected chi connectivity index (χ0v) is 21.4. The lowest BCUT2D eigenvalue weighted by atomic mass is 10.00. The molecule has 1 aliphatic rings. The van der Waals surface area contributed by atoms with E-state index >= 15 is 0 Å². The first-order chi connectivity index (χ1) is 17.8. The summed E-state index contributed by atoms with van der Waals surface area (Å²) >= 11 is 0. The van der Waals surface area contributed by atoms with Crippen LogP contribution in [0.25, 0.3) is 0 Å². The number of aldehydes is 1. The van der Waals surface area contributed by atoms with Gasteiger partial charge in [0.1, 0.15) is 30.2 Å². The van der Waals surface area contributed by atoms with Gasteiger partial charge in [-0.2, -0.15) is 0 Å². The molecule has 0 unspecified atom stereocenters. The number of aliphatic carboxylic acids is 1. The van der Waals surface area contributed by atoms with Crippen LogP contribution >= 0.6 is 0 Å². The number of aliphatic hydroxyl groups is 1. The van der Waals surface area contributed by atoms with Crippen molar-refractivity contribution in [2.75, 3.05) is 6.54 Å². The van der Waals surface area contributed by atoms with E-state index < -0.39 is 72.2 Å². The summed E-state index contributed by atoms with van der Waals surface area (Å²) in [5, 5.41) is 36.1. The van der Waals surface area contributed by atoms with Gasteiger partial charge in [0.25, 0.3) is 0 Å². The van der Waals surface area contributed by atoms with Crippen molar-refractivity contribution < 1.29 is 44.1 Å². The Hall–Kier alpha value is -4.00. The van der Waals surface area contributed by atoms with Crippen LogP contribution in [0.2, 0.25) is 0 Å². The fraction of sp³-hybridized carbons (Fsp3) is 0.520. The first-order valence-corrected chi connectivity index (χ1v) is 12.1. The molecule has 1 heterocycles. The molecule has 1 aromatic rings. The molecule has 0 aliphatic carbocycles. The minimum Gasteiger partial charge on any atom is -0.508 e. The van der Waals surface area contributed by atoms with Crippen LogP contribution in [0.5, 0.6) is 5.75 Å². The van der Waals surface area contributed by atoms with Crippen LogP contribution in [0.3, 0.4) is 0 Å². The summed E-state index contributed by atoms with van der Waals surface area (Å²) < 4.78 is 0. The van der Waals surface area contributed by atoms with Crippen molar-refractivity contribution in [1.82, 2.24) is 20.9 Å². The number of aromatic hydroxyl groups is 1. The Bertz CT molecular complexity index is 1040. The Labute approximate surface area is 219 Å². The van der Waals surface area contributed by atoms with Gasteiger partial charge in [0, 0.05) is 26.3 Å². The SMILES string of the molecule is CC(=O)N[C@@H](Cc1ccc(O)cc1)C(=O)N[C@H](C(=O)N1C[C@H](O)C[C@H]1C(=O)N[C@H](C=O)CC(=O)O)C(C)C. The summed E-state index contributed by atoms with van der Waals surface area (Å²) in [5.41, 5.74) is 0.648. The van der Waals surface area contributed by atoms with Crippen LogP contribution < -0.4 is 16.0 Å². The monoisotopic (exact) mass is 534 g/mol. The number of carbonyl (C=O) groups excluding carboxylic acids is 5. The summed E-state index contributed by atoms with van der Waals surface area (Å²) in [6.45, 7) is 4.39. The number of nitrogens with one attached hydrogen (secondary N) is 3. The van der Waals surface area contributed by atoms with E-state index in [1.54, 1.807) is 26.0 Å². The number of β-amino-alcohol motifs (C(OH)–C–C–N with tert-alkyl or cyclic N) is 1. The van der Waals surface area contributed by atoms with Gasteiger partial charge in [0.2, 0.25) is 23.6 Å². The van der Waals surface area contributed by atoms with Gasteiger partial charge in [-0.15, -0.1) is 0 Å². The van der Waals surface area contributed by atoms with Gasteiger partial charge in [-0.05, 0) is 23.6 Å². The highest BCUT2D eigenvalue weighted by atomic mass is 16.4. The molecule has 13 heteroatoms. The summed E-state index contributed by atoms with van der Waals surface area (Å²) in [5.74, 6) is -4.29. The zero-order chi connectivity index (χ0) is 28.6. The molecule has 2 rings (SSSR count). The van der Waals surface area contributed by atoms with E-state index in [4.69, 9.17) is 5.11 Å². The predicted octanol–water partition coefficient (Wildman–Crippen LogP) is -1.30. The number of hydrogen-bond donors (Lipinski definition) is 6. The number of phenolic OH excluding ortho intramolecular Hbond substituents is 1. The van der Waals surface area contributed by atoms with Crippen molar-refractivity contribution in [3.8, 4) is 5.75 Å². The third-order valence-corrected chi connectivity index (χ3v) is 6.05. The van der Waals surface area contributed by atoms with Crippen LogP contribution in [-0.4, -0.2) is 92.9 Å². The Balaban J connectivity index is 2.21. The Morgan fingerprint density at radius 3 is 2.24 bits per heavy atom. The maximum absolute atomic E-state index is 13.5. The highest BCUT2D eigenvalue weighted by molar-refractivity contribution is 5.95. The second-order valence-electron chi connectivity index (χ2n) is 9.60. The second kappa shape index (κ2) is 13.5. The van der Waals surface area contributed by atoms with Crippen molar-refractivity contribution in [1.29, 1.82) is 0 Å². The lowest BCUT2D eigenvalue weighted by Gasteiger charge is -2.31. The van der Waals surface area contributed by atoms with Crippen molar-refractivity contribution in [2.24, 2.45) is 5.92 Å². The minimum absolute atomic E-state index is 0.0357. The number of aliphatic hydroxyl groups excluding tert-OH is 1. The van der Waals surface area contributed by atoms with Gasteiger partial charge in [-0.3, -0.25) is 24.0 Å². The van der Waals surface area contributed by atoms with Crippen LogP contribution in [0, 0.1) is 5.92 Å². The molecule has 0 spiro atoms. The van der Waals surface area contributed by atoms with Crippen molar-refractivity contribution in [3.05, 3.63) is 29.8 Å². The topological polar surface area (TPSA) is 202 Å². The largest absolute Gasteiger partial charge is 0.508 e. The molecule has 1 aromatic carbocycles. The summed E-state index contributed by atoms with van der Waals surface area (Å²) in [6.07, 6.45) is -1.47. The Kier molecular flexibility index (Phi) is 10.8. The van der Waals surface area contributed by atoms with E-state index in [-0.39, 0.29) is 31.4 Å². The van der Waals surface area contributed by atoms with Gasteiger partial charge in [-0.1, -0.05) is 26.0 Å². The normalized spacial score (nSPS) is 19.2. The van der Waals surface area contributed by atoms with E-state index in [1.165, 1.54) is 19.1 Å². The quantitative estimate of drug-likeness (QED) is 0.176. The molecule has 0 bridgehead atoms.